The van der Waals surface area contributed by atoms with E-state index >= 15 is 0 Å². The van der Waals surface area contributed by atoms with Crippen molar-refractivity contribution in [3.8, 4) is 16.8 Å². The van der Waals surface area contributed by atoms with Crippen molar-refractivity contribution in [1.29, 1.82) is 0 Å². The zero-order valence-corrected chi connectivity index (χ0v) is 26.4. The van der Waals surface area contributed by atoms with Gasteiger partial charge in [0, 0.05) is 42.9 Å². The van der Waals surface area contributed by atoms with Crippen LogP contribution in [0.5, 0.6) is 0 Å². The molecule has 2 aromatic heterocycles. The molecular formula is C43H32N2S. The van der Waals surface area contributed by atoms with Gasteiger partial charge >= 0.3 is 0 Å². The minimum Gasteiger partial charge on any atom is -0.309 e. The number of anilines is 3. The average Bonchev–Trinajstić information content (AvgIpc) is 3.63. The Kier molecular flexibility index (Phi) is 7.09. The molecule has 8 rings (SSSR count). The summed E-state index contributed by atoms with van der Waals surface area (Å²) in [7, 11) is 0. The molecule has 0 aliphatic carbocycles. The highest BCUT2D eigenvalue weighted by atomic mass is 32.1. The summed E-state index contributed by atoms with van der Waals surface area (Å²) in [5.41, 5.74) is 7.97. The highest BCUT2D eigenvalue weighted by Gasteiger charge is 2.22. The maximum absolute atomic E-state index is 4.53. The minimum absolute atomic E-state index is 1.03. The first-order valence-electron chi connectivity index (χ1n) is 15.6. The lowest BCUT2D eigenvalue weighted by Gasteiger charge is -2.29. The van der Waals surface area contributed by atoms with E-state index in [0.29, 0.717) is 0 Å². The molecule has 0 radical (unpaired) electrons. The van der Waals surface area contributed by atoms with E-state index in [1.807, 2.05) is 18.3 Å². The number of benzene rings is 6. The Labute approximate surface area is 272 Å². The van der Waals surface area contributed by atoms with Crippen molar-refractivity contribution in [3.05, 3.63) is 168 Å². The molecule has 220 valence electrons. The van der Waals surface area contributed by atoms with Gasteiger partial charge in [-0.1, -0.05) is 122 Å². The molecule has 6 aromatic carbocycles. The summed E-state index contributed by atoms with van der Waals surface area (Å²) < 4.78 is 4.94. The fourth-order valence-electron chi connectivity index (χ4n) is 6.63. The third-order valence-electron chi connectivity index (χ3n) is 8.69. The summed E-state index contributed by atoms with van der Waals surface area (Å²) in [5.74, 6) is 0. The number of hydrogen-bond acceptors (Lipinski definition) is 2. The molecule has 0 bridgehead atoms. The van der Waals surface area contributed by atoms with Crippen molar-refractivity contribution in [2.24, 2.45) is 0 Å². The van der Waals surface area contributed by atoms with Gasteiger partial charge in [0.05, 0.1) is 32.6 Å². The van der Waals surface area contributed by atoms with Crippen LogP contribution >= 0.6 is 11.3 Å². The van der Waals surface area contributed by atoms with E-state index in [4.69, 9.17) is 0 Å². The first-order chi connectivity index (χ1) is 22.7. The normalized spacial score (nSPS) is 12.2. The standard InChI is InChI=1S/C43H32N2S/c1-3-4-24-37-30(2)32-19-8-12-25-38(32)45(37)40-27-14-10-21-34(40)33-20-9-13-26-39(33)44(31-17-6-5-7-18-31)41-28-16-23-36-35-22-11-15-29-42(35)46-43(36)41/h3-29H,2H2,1H3/b4-3-,37-24+. The van der Waals surface area contributed by atoms with Gasteiger partial charge in [-0.25, -0.2) is 0 Å². The Morgan fingerprint density at radius 1 is 0.609 bits per heavy atom. The van der Waals surface area contributed by atoms with E-state index in [-0.39, 0.29) is 0 Å². The average molecular weight is 609 g/mol. The van der Waals surface area contributed by atoms with Crippen LogP contribution in [0.3, 0.4) is 0 Å². The molecule has 0 unspecified atom stereocenters. The van der Waals surface area contributed by atoms with Crippen LogP contribution in [0.1, 0.15) is 6.92 Å². The van der Waals surface area contributed by atoms with Crippen molar-refractivity contribution >= 4 is 72.1 Å². The summed E-state index contributed by atoms with van der Waals surface area (Å²) in [5, 5.41) is 5.84. The predicted octanol–water partition coefficient (Wildman–Crippen LogP) is 10.9. The van der Waals surface area contributed by atoms with E-state index in [2.05, 4.69) is 180 Å². The zero-order valence-electron chi connectivity index (χ0n) is 25.6. The molecule has 0 aliphatic rings. The summed E-state index contributed by atoms with van der Waals surface area (Å²) in [6.45, 7) is 6.58. The fourth-order valence-corrected chi connectivity index (χ4v) is 7.84. The molecule has 0 spiro atoms. The summed E-state index contributed by atoms with van der Waals surface area (Å²) in [6, 6.07) is 52.2. The molecule has 2 nitrogen and oxygen atoms in total. The van der Waals surface area contributed by atoms with Crippen LogP contribution in [-0.4, -0.2) is 4.57 Å². The van der Waals surface area contributed by atoms with Crippen molar-refractivity contribution < 1.29 is 0 Å². The van der Waals surface area contributed by atoms with Crippen molar-refractivity contribution in [3.63, 3.8) is 0 Å². The smallest absolute Gasteiger partial charge is 0.0640 e. The SMILES string of the molecule is C=c1/c(=C\C=C/C)n(-c2ccccc2-c2ccccc2N(c2ccccc2)c2cccc3c2sc2ccccc23)c2ccccc12. The van der Waals surface area contributed by atoms with Gasteiger partial charge in [0.2, 0.25) is 0 Å². The maximum Gasteiger partial charge on any atom is 0.0640 e. The second-order valence-electron chi connectivity index (χ2n) is 11.4. The van der Waals surface area contributed by atoms with Crippen LogP contribution < -0.4 is 15.5 Å². The Bertz CT molecular complexity index is 2520. The Morgan fingerprint density at radius 2 is 1.26 bits per heavy atom. The Balaban J connectivity index is 1.43. The first-order valence-corrected chi connectivity index (χ1v) is 16.4. The van der Waals surface area contributed by atoms with Gasteiger partial charge in [-0.05, 0) is 55.5 Å². The van der Waals surface area contributed by atoms with Crippen LogP contribution in [0, 0.1) is 0 Å². The molecule has 46 heavy (non-hydrogen) atoms. The van der Waals surface area contributed by atoms with Crippen molar-refractivity contribution in [1.82, 2.24) is 4.57 Å². The lowest BCUT2D eigenvalue weighted by Crippen LogP contribution is -2.27. The van der Waals surface area contributed by atoms with Crippen molar-refractivity contribution in [2.45, 2.75) is 6.92 Å². The van der Waals surface area contributed by atoms with Crippen LogP contribution in [0.15, 0.2) is 158 Å². The van der Waals surface area contributed by atoms with Crippen LogP contribution in [-0.2, 0) is 0 Å². The molecule has 0 aliphatic heterocycles. The molecular weight excluding hydrogens is 577 g/mol. The summed E-state index contributed by atoms with van der Waals surface area (Å²) in [4.78, 5) is 2.43. The highest BCUT2D eigenvalue weighted by molar-refractivity contribution is 7.26. The maximum atomic E-state index is 4.53. The molecule has 0 saturated carbocycles. The number of aromatic nitrogens is 1. The van der Waals surface area contributed by atoms with E-state index in [1.165, 1.54) is 25.9 Å². The largest absolute Gasteiger partial charge is 0.309 e. The topological polar surface area (TPSA) is 8.17 Å². The number of fused-ring (bicyclic) bond motifs is 4. The lowest BCUT2D eigenvalue weighted by molar-refractivity contribution is 1.07. The minimum atomic E-state index is 1.03. The van der Waals surface area contributed by atoms with Crippen LogP contribution in [0.2, 0.25) is 0 Å². The van der Waals surface area contributed by atoms with Crippen molar-refractivity contribution in [2.75, 3.05) is 4.90 Å². The third kappa shape index (κ3) is 4.56. The zero-order chi connectivity index (χ0) is 31.0. The van der Waals surface area contributed by atoms with E-state index in [1.54, 1.807) is 0 Å². The fraction of sp³-hybridized carbons (Fsp3) is 0.0233. The molecule has 0 saturated heterocycles. The molecule has 0 fully saturated rings. The van der Waals surface area contributed by atoms with E-state index in [0.717, 1.165) is 49.7 Å². The monoisotopic (exact) mass is 608 g/mol. The highest BCUT2D eigenvalue weighted by Crippen LogP contribution is 2.47. The van der Waals surface area contributed by atoms with Crippen LogP contribution in [0.25, 0.3) is 60.5 Å². The second-order valence-corrected chi connectivity index (χ2v) is 12.4. The van der Waals surface area contributed by atoms with Gasteiger partial charge in [-0.15, -0.1) is 11.3 Å². The van der Waals surface area contributed by atoms with E-state index in [9.17, 15) is 0 Å². The Hall–Kier alpha value is -5.64. The summed E-state index contributed by atoms with van der Waals surface area (Å²) in [6.07, 6.45) is 6.33. The van der Waals surface area contributed by atoms with Gasteiger partial charge in [0.1, 0.15) is 0 Å². The van der Waals surface area contributed by atoms with Gasteiger partial charge in [-0.2, -0.15) is 0 Å². The number of hydrogen-bond donors (Lipinski definition) is 0. The van der Waals surface area contributed by atoms with Gasteiger partial charge in [0.15, 0.2) is 0 Å². The molecule has 3 heteroatoms. The molecule has 2 heterocycles. The second kappa shape index (κ2) is 11.7. The first kappa shape index (κ1) is 27.9. The molecule has 8 aromatic rings. The molecule has 0 amide bonds. The van der Waals surface area contributed by atoms with Gasteiger partial charge < -0.3 is 9.47 Å². The number of thiophene rings is 1. The summed E-state index contributed by atoms with van der Waals surface area (Å²) >= 11 is 1.86. The van der Waals surface area contributed by atoms with Gasteiger partial charge in [0.25, 0.3) is 0 Å². The Morgan fingerprint density at radius 3 is 2.11 bits per heavy atom. The number of rotatable bonds is 6. The third-order valence-corrected chi connectivity index (χ3v) is 9.89. The number of nitrogens with zero attached hydrogens (tertiary/aromatic N) is 2. The molecule has 0 N–H and O–H groups in total. The molecule has 0 atom stereocenters. The number of para-hydroxylation sites is 4. The quantitative estimate of drug-likeness (QED) is 0.182. The number of allylic oxidation sites excluding steroid dienone is 2. The lowest BCUT2D eigenvalue weighted by atomic mass is 9.99. The van der Waals surface area contributed by atoms with Gasteiger partial charge in [-0.3, -0.25) is 0 Å². The van der Waals surface area contributed by atoms with Crippen LogP contribution in [0.4, 0.5) is 17.1 Å². The predicted molar refractivity (Wildman–Crippen MR) is 200 cm³/mol. The van der Waals surface area contributed by atoms with E-state index < -0.39 is 0 Å².